The van der Waals surface area contributed by atoms with E-state index in [2.05, 4.69) is 15.9 Å². The summed E-state index contributed by atoms with van der Waals surface area (Å²) < 4.78 is 17.6. The highest BCUT2D eigenvalue weighted by Gasteiger charge is 2.19. The molecule has 0 aliphatic carbocycles. The summed E-state index contributed by atoms with van der Waals surface area (Å²) in [5, 5.41) is 0. The Morgan fingerprint density at radius 3 is 2.94 bits per heavy atom. The van der Waals surface area contributed by atoms with Gasteiger partial charge in [-0.25, -0.2) is 0 Å². The summed E-state index contributed by atoms with van der Waals surface area (Å²) in [6.45, 7) is 1.45. The lowest BCUT2D eigenvalue weighted by atomic mass is 10.1. The maximum Gasteiger partial charge on any atom is 0.175 e. The van der Waals surface area contributed by atoms with Crippen molar-refractivity contribution >= 4 is 27.5 Å². The van der Waals surface area contributed by atoms with Crippen LogP contribution >= 0.6 is 27.5 Å². The van der Waals surface area contributed by atoms with Crippen molar-refractivity contribution in [2.75, 3.05) is 20.3 Å². The number of benzene rings is 1. The molecule has 0 aromatic heterocycles. The van der Waals surface area contributed by atoms with Gasteiger partial charge in [0.05, 0.1) is 18.2 Å². The van der Waals surface area contributed by atoms with Crippen molar-refractivity contribution in [1.82, 2.24) is 0 Å². The number of alkyl halides is 1. The van der Waals surface area contributed by atoms with Gasteiger partial charge in [0.15, 0.2) is 11.5 Å². The molecule has 18 heavy (non-hydrogen) atoms. The maximum absolute atomic E-state index is 5.97. The van der Waals surface area contributed by atoms with E-state index in [-0.39, 0.29) is 6.10 Å². The molecule has 1 aromatic rings. The van der Waals surface area contributed by atoms with Gasteiger partial charge < -0.3 is 14.2 Å². The molecule has 0 N–H and O–H groups in total. The minimum absolute atomic E-state index is 0.0887. The number of methoxy groups -OCH3 is 1. The van der Waals surface area contributed by atoms with Gasteiger partial charge in [0.1, 0.15) is 6.10 Å². The van der Waals surface area contributed by atoms with Gasteiger partial charge >= 0.3 is 0 Å². The summed E-state index contributed by atoms with van der Waals surface area (Å²) in [6, 6.07) is 3.85. The van der Waals surface area contributed by atoms with Gasteiger partial charge in [0, 0.05) is 12.5 Å². The number of halogens is 2. The van der Waals surface area contributed by atoms with Crippen LogP contribution in [0.3, 0.4) is 0 Å². The summed E-state index contributed by atoms with van der Waals surface area (Å²) in [6.07, 6.45) is 2.13. The first-order valence-corrected chi connectivity index (χ1v) is 7.24. The Hall–Kier alpha value is -0.450. The van der Waals surface area contributed by atoms with E-state index in [1.807, 2.05) is 12.1 Å². The highest BCUT2D eigenvalue weighted by molar-refractivity contribution is 9.10. The average Bonchev–Trinajstić information content (AvgIpc) is 2.42. The fraction of sp³-hybridized carbons (Fsp3) is 0.538. The van der Waals surface area contributed by atoms with Gasteiger partial charge in [-0.05, 0) is 46.5 Å². The van der Waals surface area contributed by atoms with Crippen LogP contribution in [-0.2, 0) is 10.6 Å². The summed E-state index contributed by atoms with van der Waals surface area (Å²) >= 11 is 9.34. The zero-order valence-electron chi connectivity index (χ0n) is 10.2. The van der Waals surface area contributed by atoms with E-state index in [0.717, 1.165) is 35.2 Å². The van der Waals surface area contributed by atoms with Crippen LogP contribution in [0.2, 0.25) is 0 Å². The van der Waals surface area contributed by atoms with Crippen LogP contribution in [0.4, 0.5) is 0 Å². The lowest BCUT2D eigenvalue weighted by Gasteiger charge is -2.25. The third kappa shape index (κ3) is 3.31. The first kappa shape index (κ1) is 14.0. The van der Waals surface area contributed by atoms with Gasteiger partial charge in [0.25, 0.3) is 0 Å². The zero-order chi connectivity index (χ0) is 13.0. The van der Waals surface area contributed by atoms with Crippen LogP contribution in [0.25, 0.3) is 0 Å². The molecule has 1 aromatic carbocycles. The third-order valence-electron chi connectivity index (χ3n) is 2.85. The molecule has 0 radical (unpaired) electrons. The molecule has 1 aliphatic heterocycles. The summed E-state index contributed by atoms with van der Waals surface area (Å²) in [7, 11) is 1.63. The van der Waals surface area contributed by atoms with Gasteiger partial charge in [-0.15, -0.1) is 11.6 Å². The first-order valence-electron chi connectivity index (χ1n) is 5.91. The fourth-order valence-corrected chi connectivity index (χ4v) is 2.67. The normalized spacial score (nSPS) is 19.6. The quantitative estimate of drug-likeness (QED) is 0.784. The Morgan fingerprint density at radius 2 is 2.33 bits per heavy atom. The molecule has 2 rings (SSSR count). The van der Waals surface area contributed by atoms with Crippen molar-refractivity contribution in [2.24, 2.45) is 0 Å². The lowest BCUT2D eigenvalue weighted by molar-refractivity contribution is 0.00610. The van der Waals surface area contributed by atoms with E-state index < -0.39 is 0 Å². The summed E-state index contributed by atoms with van der Waals surface area (Å²) in [5.41, 5.74) is 0.993. The standard InChI is InChI=1S/C13H16BrClO3/c1-16-12-6-9(7-15)5-11(14)13(12)18-10-3-2-4-17-8-10/h5-6,10H,2-4,7-8H2,1H3. The molecule has 100 valence electrons. The predicted octanol–water partition coefficient (Wildman–Crippen LogP) is 3.75. The largest absolute Gasteiger partial charge is 0.493 e. The number of hydrogen-bond donors (Lipinski definition) is 0. The molecular weight excluding hydrogens is 319 g/mol. The molecule has 3 nitrogen and oxygen atoms in total. The third-order valence-corrected chi connectivity index (χ3v) is 3.74. The second kappa shape index (κ2) is 6.64. The van der Waals surface area contributed by atoms with E-state index in [0.29, 0.717) is 18.2 Å². The van der Waals surface area contributed by atoms with Crippen molar-refractivity contribution in [1.29, 1.82) is 0 Å². The monoisotopic (exact) mass is 334 g/mol. The zero-order valence-corrected chi connectivity index (χ0v) is 12.6. The van der Waals surface area contributed by atoms with Crippen LogP contribution < -0.4 is 9.47 Å². The van der Waals surface area contributed by atoms with Crippen molar-refractivity contribution in [3.05, 3.63) is 22.2 Å². The Labute approximate surface area is 120 Å². The van der Waals surface area contributed by atoms with Gasteiger partial charge in [-0.3, -0.25) is 0 Å². The highest BCUT2D eigenvalue weighted by atomic mass is 79.9. The molecule has 0 bridgehead atoms. The SMILES string of the molecule is COc1cc(CCl)cc(Br)c1OC1CCCOC1. The maximum atomic E-state index is 5.97. The van der Waals surface area contributed by atoms with Crippen LogP contribution in [0.5, 0.6) is 11.5 Å². The molecular formula is C13H16BrClO3. The predicted molar refractivity (Wildman–Crippen MR) is 74.7 cm³/mol. The highest BCUT2D eigenvalue weighted by Crippen LogP contribution is 2.38. The molecule has 1 atom stereocenters. The molecule has 1 saturated heterocycles. The Kier molecular flexibility index (Phi) is 5.15. The van der Waals surface area contributed by atoms with E-state index in [1.54, 1.807) is 7.11 Å². The Morgan fingerprint density at radius 1 is 1.50 bits per heavy atom. The molecule has 0 saturated carbocycles. The molecule has 0 spiro atoms. The molecule has 5 heteroatoms. The van der Waals surface area contributed by atoms with Crippen molar-refractivity contribution in [3.8, 4) is 11.5 Å². The van der Waals surface area contributed by atoms with Gasteiger partial charge in [-0.1, -0.05) is 0 Å². The Balaban J connectivity index is 2.19. The van der Waals surface area contributed by atoms with Crippen LogP contribution in [-0.4, -0.2) is 26.4 Å². The topological polar surface area (TPSA) is 27.7 Å². The van der Waals surface area contributed by atoms with Crippen molar-refractivity contribution in [2.45, 2.75) is 24.8 Å². The number of hydrogen-bond acceptors (Lipinski definition) is 3. The fourth-order valence-electron chi connectivity index (χ4n) is 1.94. The van der Waals surface area contributed by atoms with E-state index >= 15 is 0 Å². The van der Waals surface area contributed by atoms with Crippen LogP contribution in [0.15, 0.2) is 16.6 Å². The van der Waals surface area contributed by atoms with E-state index in [9.17, 15) is 0 Å². The molecule has 0 amide bonds. The van der Waals surface area contributed by atoms with E-state index in [1.165, 1.54) is 0 Å². The van der Waals surface area contributed by atoms with Crippen molar-refractivity contribution < 1.29 is 14.2 Å². The second-order valence-electron chi connectivity index (χ2n) is 4.20. The van der Waals surface area contributed by atoms with Crippen LogP contribution in [0.1, 0.15) is 18.4 Å². The van der Waals surface area contributed by atoms with E-state index in [4.69, 9.17) is 25.8 Å². The smallest absolute Gasteiger partial charge is 0.175 e. The molecule has 1 unspecified atom stereocenters. The molecule has 1 fully saturated rings. The van der Waals surface area contributed by atoms with Gasteiger partial charge in [0.2, 0.25) is 0 Å². The second-order valence-corrected chi connectivity index (χ2v) is 5.32. The van der Waals surface area contributed by atoms with Crippen molar-refractivity contribution in [3.63, 3.8) is 0 Å². The van der Waals surface area contributed by atoms with Crippen LogP contribution in [0, 0.1) is 0 Å². The summed E-state index contributed by atoms with van der Waals surface area (Å²) in [5.74, 6) is 1.87. The summed E-state index contributed by atoms with van der Waals surface area (Å²) in [4.78, 5) is 0. The number of ether oxygens (including phenoxy) is 3. The molecule has 1 aliphatic rings. The van der Waals surface area contributed by atoms with Gasteiger partial charge in [-0.2, -0.15) is 0 Å². The Bertz CT molecular complexity index is 405. The minimum atomic E-state index is 0.0887. The number of rotatable bonds is 4. The lowest BCUT2D eigenvalue weighted by Crippen LogP contribution is -2.28. The molecule has 1 heterocycles. The first-order chi connectivity index (χ1) is 8.74. The average molecular weight is 336 g/mol. The minimum Gasteiger partial charge on any atom is -0.493 e.